The molecule has 0 aliphatic rings. The second-order valence-corrected chi connectivity index (χ2v) is 6.21. The number of nitrogens with two attached hydrogens (primary N) is 1. The Kier molecular flexibility index (Phi) is 5.81. The van der Waals surface area contributed by atoms with Crippen molar-refractivity contribution in [2.24, 2.45) is 11.7 Å². The van der Waals surface area contributed by atoms with Crippen molar-refractivity contribution in [1.29, 1.82) is 0 Å². The van der Waals surface area contributed by atoms with Crippen LogP contribution in [0.3, 0.4) is 0 Å². The highest BCUT2D eigenvalue weighted by Gasteiger charge is 2.12. The normalized spacial score (nSPS) is 11.9. The third kappa shape index (κ3) is 4.51. The highest BCUT2D eigenvalue weighted by Crippen LogP contribution is 2.19. The Balaban J connectivity index is 2.70. The molecule has 1 unspecified atom stereocenters. The summed E-state index contributed by atoms with van der Waals surface area (Å²) in [6.07, 6.45) is 0. The van der Waals surface area contributed by atoms with Crippen molar-refractivity contribution >= 4 is 61.6 Å². The van der Waals surface area contributed by atoms with Crippen molar-refractivity contribution in [3.05, 3.63) is 31.8 Å². The average molecular weight is 427 g/mol. The lowest BCUT2D eigenvalue weighted by Gasteiger charge is -2.11. The van der Waals surface area contributed by atoms with Crippen molar-refractivity contribution in [3.63, 3.8) is 0 Å². The number of hydrogen-bond acceptors (Lipinski definition) is 2. The summed E-state index contributed by atoms with van der Waals surface area (Å²) in [5.41, 5.74) is 6.10. The Hall–Kier alpha value is -0.210. The average Bonchev–Trinajstić information content (AvgIpc) is 2.28. The van der Waals surface area contributed by atoms with E-state index >= 15 is 0 Å². The monoisotopic (exact) mass is 426 g/mol. The zero-order valence-electron chi connectivity index (χ0n) is 9.17. The summed E-state index contributed by atoms with van der Waals surface area (Å²) in [6, 6.07) is 5.61. The van der Waals surface area contributed by atoms with Gasteiger partial charge in [0.1, 0.15) is 0 Å². The summed E-state index contributed by atoms with van der Waals surface area (Å²) < 4.78 is 1.79. The molecule has 3 N–H and O–H groups in total. The Morgan fingerprint density at radius 2 is 2.29 bits per heavy atom. The molecule has 17 heavy (non-hydrogen) atoms. The van der Waals surface area contributed by atoms with Gasteiger partial charge in [0.05, 0.1) is 10.6 Å². The van der Waals surface area contributed by atoms with Crippen LogP contribution in [-0.4, -0.2) is 17.4 Å². The Morgan fingerprint density at radius 3 is 2.88 bits per heavy atom. The second-order valence-electron chi connectivity index (χ2n) is 3.64. The highest BCUT2D eigenvalue weighted by molar-refractivity contribution is 14.1. The molecule has 0 aromatic heterocycles. The Morgan fingerprint density at radius 1 is 1.65 bits per heavy atom. The number of carbonyl (C=O) groups is 1. The third-order valence-electron chi connectivity index (χ3n) is 2.23. The molecule has 0 saturated carbocycles. The first-order valence-electron chi connectivity index (χ1n) is 4.94. The summed E-state index contributed by atoms with van der Waals surface area (Å²) in [7, 11) is 0. The van der Waals surface area contributed by atoms with Gasteiger partial charge in [-0.05, 0) is 56.7 Å². The summed E-state index contributed by atoms with van der Waals surface area (Å²) in [5, 5.41) is 2.81. The summed E-state index contributed by atoms with van der Waals surface area (Å²) in [5.74, 6) is -0.131. The SMILES string of the molecule is CC(CNC(=O)c1cc(I)ccc1Br)C(N)=S. The van der Waals surface area contributed by atoms with Gasteiger partial charge in [-0.3, -0.25) is 4.79 Å². The van der Waals surface area contributed by atoms with E-state index in [0.717, 1.165) is 8.04 Å². The molecular weight excluding hydrogens is 415 g/mol. The van der Waals surface area contributed by atoms with Gasteiger partial charge in [0, 0.05) is 20.5 Å². The fourth-order valence-electron chi connectivity index (χ4n) is 1.11. The van der Waals surface area contributed by atoms with Crippen LogP contribution in [-0.2, 0) is 0 Å². The number of carbonyl (C=O) groups excluding carboxylic acids is 1. The van der Waals surface area contributed by atoms with E-state index in [-0.39, 0.29) is 11.8 Å². The maximum Gasteiger partial charge on any atom is 0.252 e. The van der Waals surface area contributed by atoms with Gasteiger partial charge < -0.3 is 11.1 Å². The first-order chi connectivity index (χ1) is 7.91. The van der Waals surface area contributed by atoms with Crippen LogP contribution < -0.4 is 11.1 Å². The third-order valence-corrected chi connectivity index (χ3v) is 3.99. The van der Waals surface area contributed by atoms with Gasteiger partial charge in [-0.1, -0.05) is 19.1 Å². The molecule has 0 aliphatic carbocycles. The van der Waals surface area contributed by atoms with E-state index in [4.69, 9.17) is 18.0 Å². The topological polar surface area (TPSA) is 55.1 Å². The van der Waals surface area contributed by atoms with Crippen LogP contribution in [0.15, 0.2) is 22.7 Å². The van der Waals surface area contributed by atoms with Gasteiger partial charge in [-0.2, -0.15) is 0 Å². The predicted molar refractivity (Wildman–Crippen MR) is 85.1 cm³/mol. The van der Waals surface area contributed by atoms with Crippen LogP contribution in [0.1, 0.15) is 17.3 Å². The van der Waals surface area contributed by atoms with Gasteiger partial charge in [-0.15, -0.1) is 0 Å². The Labute approximate surface area is 128 Å². The first kappa shape index (κ1) is 14.8. The summed E-state index contributed by atoms with van der Waals surface area (Å²) in [6.45, 7) is 2.33. The Bertz CT molecular complexity index is 453. The van der Waals surface area contributed by atoms with Gasteiger partial charge in [0.25, 0.3) is 5.91 Å². The first-order valence-corrected chi connectivity index (χ1v) is 7.22. The number of thiocarbonyl (C=S) groups is 1. The maximum atomic E-state index is 11.9. The zero-order valence-corrected chi connectivity index (χ0v) is 13.7. The van der Waals surface area contributed by atoms with E-state index in [1.807, 2.05) is 25.1 Å². The maximum absolute atomic E-state index is 11.9. The summed E-state index contributed by atoms with van der Waals surface area (Å²) in [4.78, 5) is 12.3. The number of benzene rings is 1. The quantitative estimate of drug-likeness (QED) is 0.574. The lowest BCUT2D eigenvalue weighted by atomic mass is 10.1. The molecular formula is C11H12BrIN2OS. The fourth-order valence-corrected chi connectivity index (χ4v) is 2.11. The molecule has 0 heterocycles. The van der Waals surface area contributed by atoms with Crippen molar-refractivity contribution in [2.75, 3.05) is 6.54 Å². The molecule has 1 rings (SSSR count). The minimum atomic E-state index is -0.126. The standard InChI is InChI=1S/C11H12BrIN2OS/c1-6(10(14)17)5-15-11(16)8-4-7(13)2-3-9(8)12/h2-4,6H,5H2,1H3,(H2,14,17)(H,15,16). The number of amides is 1. The molecule has 1 amide bonds. The minimum Gasteiger partial charge on any atom is -0.393 e. The van der Waals surface area contributed by atoms with Crippen LogP contribution in [0.2, 0.25) is 0 Å². The molecule has 92 valence electrons. The van der Waals surface area contributed by atoms with Crippen molar-refractivity contribution in [2.45, 2.75) is 6.92 Å². The molecule has 0 spiro atoms. The van der Waals surface area contributed by atoms with Crippen LogP contribution >= 0.6 is 50.7 Å². The van der Waals surface area contributed by atoms with E-state index in [0.29, 0.717) is 17.1 Å². The minimum absolute atomic E-state index is 0.00416. The molecule has 6 heteroatoms. The van der Waals surface area contributed by atoms with Crippen molar-refractivity contribution in [1.82, 2.24) is 5.32 Å². The molecule has 0 aliphatic heterocycles. The number of halogens is 2. The van der Waals surface area contributed by atoms with Gasteiger partial charge in [-0.25, -0.2) is 0 Å². The second kappa shape index (κ2) is 6.65. The van der Waals surface area contributed by atoms with E-state index in [9.17, 15) is 4.79 Å². The molecule has 3 nitrogen and oxygen atoms in total. The smallest absolute Gasteiger partial charge is 0.252 e. The molecule has 0 radical (unpaired) electrons. The van der Waals surface area contributed by atoms with E-state index in [1.54, 1.807) is 0 Å². The number of rotatable bonds is 4. The van der Waals surface area contributed by atoms with Crippen LogP contribution in [0.25, 0.3) is 0 Å². The van der Waals surface area contributed by atoms with Crippen molar-refractivity contribution in [3.8, 4) is 0 Å². The molecule has 1 aromatic carbocycles. The molecule has 1 atom stereocenters. The number of hydrogen-bond donors (Lipinski definition) is 2. The van der Waals surface area contributed by atoms with Crippen LogP contribution in [0.5, 0.6) is 0 Å². The molecule has 0 fully saturated rings. The fraction of sp³-hybridized carbons (Fsp3) is 0.273. The van der Waals surface area contributed by atoms with E-state index in [1.165, 1.54) is 0 Å². The predicted octanol–water partition coefficient (Wildman–Crippen LogP) is 2.71. The molecule has 0 saturated heterocycles. The van der Waals surface area contributed by atoms with Crippen molar-refractivity contribution < 1.29 is 4.79 Å². The van der Waals surface area contributed by atoms with Crippen LogP contribution in [0.4, 0.5) is 0 Å². The van der Waals surface area contributed by atoms with Gasteiger partial charge in [0.2, 0.25) is 0 Å². The van der Waals surface area contributed by atoms with E-state index < -0.39 is 0 Å². The van der Waals surface area contributed by atoms with E-state index in [2.05, 4.69) is 43.8 Å². The lowest BCUT2D eigenvalue weighted by molar-refractivity contribution is 0.0950. The largest absolute Gasteiger partial charge is 0.393 e. The van der Waals surface area contributed by atoms with Gasteiger partial charge >= 0.3 is 0 Å². The summed E-state index contributed by atoms with van der Waals surface area (Å²) >= 11 is 10.4. The molecule has 1 aromatic rings. The van der Waals surface area contributed by atoms with Crippen LogP contribution in [0, 0.1) is 9.49 Å². The van der Waals surface area contributed by atoms with Gasteiger partial charge in [0.15, 0.2) is 0 Å². The molecule has 0 bridgehead atoms. The zero-order chi connectivity index (χ0) is 13.0. The lowest BCUT2D eigenvalue weighted by Crippen LogP contribution is -2.33. The highest BCUT2D eigenvalue weighted by atomic mass is 127. The number of nitrogens with one attached hydrogen (secondary N) is 1.